The predicted octanol–water partition coefficient (Wildman–Crippen LogP) is 2.21. The van der Waals surface area contributed by atoms with Crippen molar-refractivity contribution in [1.82, 2.24) is 19.9 Å². The van der Waals surface area contributed by atoms with Crippen molar-refractivity contribution in [3.8, 4) is 0 Å². The molecule has 0 spiro atoms. The van der Waals surface area contributed by atoms with Crippen molar-refractivity contribution < 1.29 is 0 Å². The second kappa shape index (κ2) is 5.31. The van der Waals surface area contributed by atoms with Gasteiger partial charge in [0.15, 0.2) is 0 Å². The first-order chi connectivity index (χ1) is 8.53. The van der Waals surface area contributed by atoms with E-state index in [4.69, 9.17) is 0 Å². The molecule has 0 aliphatic heterocycles. The van der Waals surface area contributed by atoms with E-state index in [1.54, 1.807) is 6.20 Å². The van der Waals surface area contributed by atoms with Gasteiger partial charge in [0.2, 0.25) is 0 Å². The Bertz CT molecular complexity index is 483. The first-order valence-electron chi connectivity index (χ1n) is 6.18. The average Bonchev–Trinajstić information content (AvgIpc) is 2.79. The van der Waals surface area contributed by atoms with Crippen LogP contribution in [0.15, 0.2) is 36.9 Å². The standard InChI is InChI=1S/C14H20N4/c1-14(2,3)16-9-12-5-4-6-13(17-12)10-18-8-7-15-11-18/h4-8,11,16H,9-10H2,1-3H3. The third kappa shape index (κ3) is 3.96. The fourth-order valence-corrected chi connectivity index (χ4v) is 1.64. The monoisotopic (exact) mass is 244 g/mol. The van der Waals surface area contributed by atoms with Crippen LogP contribution in [0.25, 0.3) is 0 Å². The van der Waals surface area contributed by atoms with Gasteiger partial charge in [-0.05, 0) is 32.9 Å². The molecule has 0 unspecified atom stereocenters. The first-order valence-corrected chi connectivity index (χ1v) is 6.18. The van der Waals surface area contributed by atoms with Crippen LogP contribution in [-0.4, -0.2) is 20.1 Å². The lowest BCUT2D eigenvalue weighted by molar-refractivity contribution is 0.421. The van der Waals surface area contributed by atoms with E-state index < -0.39 is 0 Å². The normalized spacial score (nSPS) is 11.7. The third-order valence-corrected chi connectivity index (χ3v) is 2.57. The summed E-state index contributed by atoms with van der Waals surface area (Å²) in [6.45, 7) is 8.03. The average molecular weight is 244 g/mol. The first kappa shape index (κ1) is 12.8. The maximum Gasteiger partial charge on any atom is 0.0949 e. The predicted molar refractivity (Wildman–Crippen MR) is 72.2 cm³/mol. The highest BCUT2D eigenvalue weighted by molar-refractivity contribution is 5.12. The molecule has 0 saturated carbocycles. The summed E-state index contributed by atoms with van der Waals surface area (Å²) in [7, 11) is 0. The van der Waals surface area contributed by atoms with Crippen LogP contribution in [0.1, 0.15) is 32.2 Å². The van der Waals surface area contributed by atoms with E-state index in [1.165, 1.54) is 0 Å². The molecule has 0 fully saturated rings. The van der Waals surface area contributed by atoms with Gasteiger partial charge in [-0.2, -0.15) is 0 Å². The maximum atomic E-state index is 4.64. The molecule has 2 rings (SSSR count). The topological polar surface area (TPSA) is 42.7 Å². The zero-order valence-corrected chi connectivity index (χ0v) is 11.2. The van der Waals surface area contributed by atoms with Crippen molar-refractivity contribution >= 4 is 0 Å². The van der Waals surface area contributed by atoms with E-state index in [9.17, 15) is 0 Å². The molecular formula is C14H20N4. The molecule has 0 radical (unpaired) electrons. The third-order valence-electron chi connectivity index (χ3n) is 2.57. The van der Waals surface area contributed by atoms with Crippen molar-refractivity contribution in [2.45, 2.75) is 39.4 Å². The fraction of sp³-hybridized carbons (Fsp3) is 0.429. The van der Waals surface area contributed by atoms with Crippen molar-refractivity contribution in [3.63, 3.8) is 0 Å². The summed E-state index contributed by atoms with van der Waals surface area (Å²) in [4.78, 5) is 8.67. The zero-order chi connectivity index (χ0) is 13.0. The fourth-order valence-electron chi connectivity index (χ4n) is 1.64. The molecule has 0 aliphatic carbocycles. The molecule has 96 valence electrons. The minimum Gasteiger partial charge on any atom is -0.331 e. The molecule has 4 nitrogen and oxygen atoms in total. The SMILES string of the molecule is CC(C)(C)NCc1cccc(Cn2ccnc2)n1. The van der Waals surface area contributed by atoms with Gasteiger partial charge in [-0.3, -0.25) is 4.98 Å². The maximum absolute atomic E-state index is 4.64. The number of hydrogen-bond donors (Lipinski definition) is 1. The Labute approximate surface area is 108 Å². The Hall–Kier alpha value is -1.68. The molecule has 0 bridgehead atoms. The smallest absolute Gasteiger partial charge is 0.0949 e. The summed E-state index contributed by atoms with van der Waals surface area (Å²) >= 11 is 0. The largest absolute Gasteiger partial charge is 0.331 e. The summed E-state index contributed by atoms with van der Waals surface area (Å²) in [5.41, 5.74) is 2.24. The van der Waals surface area contributed by atoms with Crippen molar-refractivity contribution in [3.05, 3.63) is 48.3 Å². The molecule has 0 atom stereocenters. The van der Waals surface area contributed by atoms with Crippen LogP contribution >= 0.6 is 0 Å². The van der Waals surface area contributed by atoms with Gasteiger partial charge >= 0.3 is 0 Å². The number of aromatic nitrogens is 3. The molecule has 2 aromatic rings. The van der Waals surface area contributed by atoms with E-state index in [0.29, 0.717) is 0 Å². The highest BCUT2D eigenvalue weighted by Gasteiger charge is 2.09. The van der Waals surface area contributed by atoms with E-state index in [2.05, 4.69) is 48.2 Å². The molecule has 2 aromatic heterocycles. The molecule has 4 heteroatoms. The van der Waals surface area contributed by atoms with Gasteiger partial charge in [0.1, 0.15) is 0 Å². The lowest BCUT2D eigenvalue weighted by Crippen LogP contribution is -2.35. The quantitative estimate of drug-likeness (QED) is 0.896. The molecule has 0 aromatic carbocycles. The van der Waals surface area contributed by atoms with Crippen LogP contribution in [0.4, 0.5) is 0 Å². The van der Waals surface area contributed by atoms with Crippen molar-refractivity contribution in [2.75, 3.05) is 0 Å². The van der Waals surface area contributed by atoms with Crippen LogP contribution < -0.4 is 5.32 Å². The van der Waals surface area contributed by atoms with Gasteiger partial charge in [-0.1, -0.05) is 6.07 Å². The van der Waals surface area contributed by atoms with Crippen LogP contribution in [0.3, 0.4) is 0 Å². The van der Waals surface area contributed by atoms with Gasteiger partial charge in [-0.15, -0.1) is 0 Å². The zero-order valence-electron chi connectivity index (χ0n) is 11.2. The highest BCUT2D eigenvalue weighted by atomic mass is 15.0. The summed E-state index contributed by atoms with van der Waals surface area (Å²) in [6.07, 6.45) is 5.54. The molecule has 0 amide bonds. The Morgan fingerprint density at radius 3 is 2.67 bits per heavy atom. The van der Waals surface area contributed by atoms with E-state index in [0.717, 1.165) is 24.5 Å². The van der Waals surface area contributed by atoms with Gasteiger partial charge in [0, 0.05) is 24.5 Å². The Morgan fingerprint density at radius 2 is 2.00 bits per heavy atom. The Morgan fingerprint density at radius 1 is 1.22 bits per heavy atom. The molecule has 0 saturated heterocycles. The van der Waals surface area contributed by atoms with Crippen LogP contribution in [-0.2, 0) is 13.1 Å². The lowest BCUT2D eigenvalue weighted by Gasteiger charge is -2.20. The van der Waals surface area contributed by atoms with Gasteiger partial charge < -0.3 is 9.88 Å². The Kier molecular flexibility index (Phi) is 3.77. The number of imidazole rings is 1. The minimum absolute atomic E-state index is 0.113. The van der Waals surface area contributed by atoms with Crippen molar-refractivity contribution in [2.24, 2.45) is 0 Å². The summed E-state index contributed by atoms with van der Waals surface area (Å²) in [5.74, 6) is 0. The van der Waals surface area contributed by atoms with Crippen LogP contribution in [0.2, 0.25) is 0 Å². The van der Waals surface area contributed by atoms with Gasteiger partial charge in [0.25, 0.3) is 0 Å². The summed E-state index contributed by atoms with van der Waals surface area (Å²) < 4.78 is 2.02. The highest BCUT2D eigenvalue weighted by Crippen LogP contribution is 2.05. The minimum atomic E-state index is 0.113. The number of nitrogens with zero attached hydrogens (tertiary/aromatic N) is 3. The summed E-state index contributed by atoms with van der Waals surface area (Å²) in [6, 6.07) is 6.15. The number of nitrogens with one attached hydrogen (secondary N) is 1. The second-order valence-corrected chi connectivity index (χ2v) is 5.46. The lowest BCUT2D eigenvalue weighted by atomic mass is 10.1. The second-order valence-electron chi connectivity index (χ2n) is 5.46. The molecular weight excluding hydrogens is 224 g/mol. The number of pyridine rings is 1. The number of rotatable bonds is 4. The summed E-state index contributed by atoms with van der Waals surface area (Å²) in [5, 5.41) is 3.44. The van der Waals surface area contributed by atoms with Crippen molar-refractivity contribution in [1.29, 1.82) is 0 Å². The van der Waals surface area contributed by atoms with Crippen LogP contribution in [0, 0.1) is 0 Å². The van der Waals surface area contributed by atoms with E-state index >= 15 is 0 Å². The van der Waals surface area contributed by atoms with Crippen LogP contribution in [0.5, 0.6) is 0 Å². The van der Waals surface area contributed by atoms with E-state index in [1.807, 2.05) is 23.2 Å². The molecule has 18 heavy (non-hydrogen) atoms. The van der Waals surface area contributed by atoms with E-state index in [-0.39, 0.29) is 5.54 Å². The molecule has 0 aliphatic rings. The number of hydrogen-bond acceptors (Lipinski definition) is 3. The van der Waals surface area contributed by atoms with Gasteiger partial charge in [0.05, 0.1) is 24.3 Å². The molecule has 2 heterocycles. The molecule has 1 N–H and O–H groups in total. The van der Waals surface area contributed by atoms with Gasteiger partial charge in [-0.25, -0.2) is 4.98 Å². The Balaban J connectivity index is 2.01.